The van der Waals surface area contributed by atoms with Crippen molar-refractivity contribution in [2.24, 2.45) is 0 Å². The molecule has 0 aliphatic heterocycles. The van der Waals surface area contributed by atoms with Gasteiger partial charge < -0.3 is 15.4 Å². The minimum Gasteiger partial charge on any atom is -0.497 e. The van der Waals surface area contributed by atoms with Gasteiger partial charge in [-0.25, -0.2) is 4.98 Å². The van der Waals surface area contributed by atoms with Gasteiger partial charge in [-0.05, 0) is 48.7 Å². The number of nitrogens with one attached hydrogen (secondary N) is 3. The number of ether oxygens (including phenoxy) is 1. The fourth-order valence-electron chi connectivity index (χ4n) is 2.71. The predicted octanol–water partition coefficient (Wildman–Crippen LogP) is 4.16. The van der Waals surface area contributed by atoms with Crippen LogP contribution in [0.25, 0.3) is 10.8 Å². The molecule has 7 nitrogen and oxygen atoms in total. The number of hydrogen-bond donors (Lipinski definition) is 3. The summed E-state index contributed by atoms with van der Waals surface area (Å²) in [6, 6.07) is 13.6. The Kier molecular flexibility index (Phi) is 4.10. The summed E-state index contributed by atoms with van der Waals surface area (Å²) in [5.74, 6) is 2.94. The van der Waals surface area contributed by atoms with Crippen LogP contribution in [0.3, 0.4) is 0 Å². The molecule has 0 aliphatic carbocycles. The lowest BCUT2D eigenvalue weighted by atomic mass is 10.1. The number of aromatic amines is 1. The van der Waals surface area contributed by atoms with E-state index in [1.54, 1.807) is 19.5 Å². The van der Waals surface area contributed by atoms with E-state index in [2.05, 4.69) is 25.8 Å². The van der Waals surface area contributed by atoms with E-state index in [-0.39, 0.29) is 0 Å². The SMILES string of the molecule is COc1ccc2c(Nc3ccncc3)nc(Nc3cc(C)[nH]n3)cc2c1. The van der Waals surface area contributed by atoms with Gasteiger partial charge in [0, 0.05) is 35.2 Å². The number of fused-ring (bicyclic) bond motifs is 1. The molecule has 4 rings (SSSR count). The Bertz CT molecular complexity index is 1040. The van der Waals surface area contributed by atoms with Gasteiger partial charge in [0.2, 0.25) is 0 Å². The Morgan fingerprint density at radius 3 is 2.54 bits per heavy atom. The van der Waals surface area contributed by atoms with Crippen LogP contribution >= 0.6 is 0 Å². The quantitative estimate of drug-likeness (QED) is 0.503. The number of benzene rings is 1. The van der Waals surface area contributed by atoms with E-state index in [9.17, 15) is 0 Å². The highest BCUT2D eigenvalue weighted by Crippen LogP contribution is 2.31. The van der Waals surface area contributed by atoms with Crippen molar-refractivity contribution in [3.05, 3.63) is 60.6 Å². The topological polar surface area (TPSA) is 87.8 Å². The summed E-state index contributed by atoms with van der Waals surface area (Å²) >= 11 is 0. The molecule has 26 heavy (non-hydrogen) atoms. The maximum Gasteiger partial charge on any atom is 0.153 e. The van der Waals surface area contributed by atoms with Crippen LogP contribution in [-0.4, -0.2) is 27.3 Å². The molecule has 0 aliphatic rings. The van der Waals surface area contributed by atoms with Crippen LogP contribution in [-0.2, 0) is 0 Å². The minimum atomic E-state index is 0.689. The number of hydrogen-bond acceptors (Lipinski definition) is 6. The molecular formula is C19H18N6O. The number of aromatic nitrogens is 4. The van der Waals surface area contributed by atoms with Gasteiger partial charge in [-0.15, -0.1) is 0 Å². The van der Waals surface area contributed by atoms with Crippen molar-refractivity contribution in [1.29, 1.82) is 0 Å². The Balaban J connectivity index is 1.79. The molecule has 0 bridgehead atoms. The van der Waals surface area contributed by atoms with Gasteiger partial charge in [0.05, 0.1) is 7.11 Å². The smallest absolute Gasteiger partial charge is 0.153 e. The van der Waals surface area contributed by atoms with E-state index in [1.807, 2.05) is 49.4 Å². The first kappa shape index (κ1) is 15.9. The molecule has 3 N–H and O–H groups in total. The molecular weight excluding hydrogens is 328 g/mol. The molecule has 1 aromatic carbocycles. The van der Waals surface area contributed by atoms with Gasteiger partial charge >= 0.3 is 0 Å². The molecule has 130 valence electrons. The average molecular weight is 346 g/mol. The van der Waals surface area contributed by atoms with Crippen LogP contribution in [0.2, 0.25) is 0 Å². The Morgan fingerprint density at radius 2 is 1.81 bits per heavy atom. The maximum atomic E-state index is 5.36. The summed E-state index contributed by atoms with van der Waals surface area (Å²) in [5.41, 5.74) is 1.89. The number of pyridine rings is 2. The highest BCUT2D eigenvalue weighted by atomic mass is 16.5. The third-order valence-electron chi connectivity index (χ3n) is 3.94. The van der Waals surface area contributed by atoms with Crippen LogP contribution in [0.5, 0.6) is 5.75 Å². The van der Waals surface area contributed by atoms with Crippen LogP contribution in [0, 0.1) is 6.92 Å². The first-order valence-electron chi connectivity index (χ1n) is 8.16. The molecule has 0 saturated carbocycles. The zero-order valence-corrected chi connectivity index (χ0v) is 14.4. The number of H-pyrrole nitrogens is 1. The van der Waals surface area contributed by atoms with Gasteiger partial charge in [0.15, 0.2) is 5.82 Å². The first-order valence-corrected chi connectivity index (χ1v) is 8.16. The van der Waals surface area contributed by atoms with Crippen LogP contribution < -0.4 is 15.4 Å². The molecule has 7 heteroatoms. The lowest BCUT2D eigenvalue weighted by Crippen LogP contribution is -2.00. The van der Waals surface area contributed by atoms with E-state index in [0.717, 1.165) is 33.7 Å². The number of aryl methyl sites for hydroxylation is 1. The van der Waals surface area contributed by atoms with Crippen molar-refractivity contribution in [2.45, 2.75) is 6.92 Å². The summed E-state index contributed by atoms with van der Waals surface area (Å²) in [5, 5.41) is 15.7. The Labute approximate surface area is 150 Å². The van der Waals surface area contributed by atoms with Crippen molar-refractivity contribution in [1.82, 2.24) is 20.2 Å². The highest BCUT2D eigenvalue weighted by Gasteiger charge is 2.09. The average Bonchev–Trinajstić information content (AvgIpc) is 3.06. The molecule has 4 aromatic rings. The van der Waals surface area contributed by atoms with Crippen molar-refractivity contribution in [2.75, 3.05) is 17.7 Å². The molecule has 3 aromatic heterocycles. The summed E-state index contributed by atoms with van der Waals surface area (Å²) in [7, 11) is 1.66. The number of nitrogens with zero attached hydrogens (tertiary/aromatic N) is 3. The van der Waals surface area contributed by atoms with Gasteiger partial charge in [-0.2, -0.15) is 5.10 Å². The third kappa shape index (κ3) is 3.27. The predicted molar refractivity (Wildman–Crippen MR) is 102 cm³/mol. The lowest BCUT2D eigenvalue weighted by Gasteiger charge is -2.12. The molecule has 0 fully saturated rings. The summed E-state index contributed by atoms with van der Waals surface area (Å²) in [6.45, 7) is 1.95. The Morgan fingerprint density at radius 1 is 0.962 bits per heavy atom. The normalized spacial score (nSPS) is 10.7. The highest BCUT2D eigenvalue weighted by molar-refractivity contribution is 5.96. The fourth-order valence-corrected chi connectivity index (χ4v) is 2.71. The van der Waals surface area contributed by atoms with Crippen molar-refractivity contribution in [3.8, 4) is 5.75 Å². The zero-order chi connectivity index (χ0) is 17.9. The van der Waals surface area contributed by atoms with Gasteiger partial charge in [0.1, 0.15) is 17.4 Å². The summed E-state index contributed by atoms with van der Waals surface area (Å²) in [6.07, 6.45) is 3.48. The number of methoxy groups -OCH3 is 1. The second-order valence-electron chi connectivity index (χ2n) is 5.87. The van der Waals surface area contributed by atoms with Gasteiger partial charge in [0.25, 0.3) is 0 Å². The van der Waals surface area contributed by atoms with Crippen LogP contribution in [0.15, 0.2) is 54.9 Å². The van der Waals surface area contributed by atoms with Crippen LogP contribution in [0.4, 0.5) is 23.1 Å². The lowest BCUT2D eigenvalue weighted by molar-refractivity contribution is 0.415. The maximum absolute atomic E-state index is 5.36. The van der Waals surface area contributed by atoms with E-state index < -0.39 is 0 Å². The molecule has 3 heterocycles. The second kappa shape index (κ2) is 6.72. The van der Waals surface area contributed by atoms with Crippen molar-refractivity contribution < 1.29 is 4.74 Å². The molecule has 0 atom stereocenters. The summed E-state index contributed by atoms with van der Waals surface area (Å²) < 4.78 is 5.36. The Hall–Kier alpha value is -3.61. The largest absolute Gasteiger partial charge is 0.497 e. The van der Waals surface area contributed by atoms with Crippen molar-refractivity contribution in [3.63, 3.8) is 0 Å². The van der Waals surface area contributed by atoms with Crippen molar-refractivity contribution >= 4 is 33.9 Å². The molecule has 0 saturated heterocycles. The molecule has 0 radical (unpaired) electrons. The standard InChI is InChI=1S/C19H18N6O/c1-12-9-18(25-24-12)22-17-11-13-10-15(26-2)3-4-16(13)19(23-17)21-14-5-7-20-8-6-14/h3-11H,1-2H3,(H3,20,21,22,23,24,25). The fraction of sp³-hybridized carbons (Fsp3) is 0.105. The third-order valence-corrected chi connectivity index (χ3v) is 3.94. The zero-order valence-electron chi connectivity index (χ0n) is 14.4. The minimum absolute atomic E-state index is 0.689. The molecule has 0 amide bonds. The van der Waals surface area contributed by atoms with E-state index in [0.29, 0.717) is 11.6 Å². The summed E-state index contributed by atoms with van der Waals surface area (Å²) in [4.78, 5) is 8.77. The number of anilines is 4. The second-order valence-corrected chi connectivity index (χ2v) is 5.87. The monoisotopic (exact) mass is 346 g/mol. The van der Waals surface area contributed by atoms with Gasteiger partial charge in [-0.1, -0.05) is 0 Å². The first-order chi connectivity index (χ1) is 12.7. The molecule has 0 spiro atoms. The number of rotatable bonds is 5. The molecule has 0 unspecified atom stereocenters. The van der Waals surface area contributed by atoms with Gasteiger partial charge in [-0.3, -0.25) is 10.1 Å². The van der Waals surface area contributed by atoms with E-state index >= 15 is 0 Å². The van der Waals surface area contributed by atoms with Crippen LogP contribution in [0.1, 0.15) is 5.69 Å². The van der Waals surface area contributed by atoms with E-state index in [4.69, 9.17) is 9.72 Å². The van der Waals surface area contributed by atoms with E-state index in [1.165, 1.54) is 0 Å².